The Bertz CT molecular complexity index is 1310. The van der Waals surface area contributed by atoms with Crippen LogP contribution in [0.25, 0.3) is 10.8 Å². The van der Waals surface area contributed by atoms with E-state index in [0.717, 1.165) is 4.68 Å². The average Bonchev–Trinajstić information content (AvgIpc) is 2.73. The molecule has 0 radical (unpaired) electrons. The van der Waals surface area contributed by atoms with Gasteiger partial charge in [0, 0.05) is 17.6 Å². The number of alkyl halides is 3. The summed E-state index contributed by atoms with van der Waals surface area (Å²) in [5, 5.41) is 4.59. The second-order valence-electron chi connectivity index (χ2n) is 7.12. The molecular weight excluding hydrogens is 431 g/mol. The van der Waals surface area contributed by atoms with Gasteiger partial charge in [-0.15, -0.1) is 0 Å². The molecule has 3 aromatic rings. The van der Waals surface area contributed by atoms with E-state index in [1.165, 1.54) is 12.1 Å². The molecule has 0 saturated heterocycles. The highest BCUT2D eigenvalue weighted by atomic mass is 19.4. The van der Waals surface area contributed by atoms with Crippen molar-refractivity contribution in [3.63, 3.8) is 0 Å². The highest BCUT2D eigenvalue weighted by molar-refractivity contribution is 6.05. The van der Waals surface area contributed by atoms with Gasteiger partial charge in [-0.25, -0.2) is 4.68 Å². The summed E-state index contributed by atoms with van der Waals surface area (Å²) in [7, 11) is 0. The number of hydrogen-bond acceptors (Lipinski definition) is 5. The zero-order chi connectivity index (χ0) is 23.6. The van der Waals surface area contributed by atoms with Crippen molar-refractivity contribution in [2.75, 3.05) is 0 Å². The van der Waals surface area contributed by atoms with Gasteiger partial charge in [-0.2, -0.15) is 18.3 Å². The van der Waals surface area contributed by atoms with E-state index in [2.05, 4.69) is 10.5 Å². The third kappa shape index (κ3) is 4.68. The summed E-state index contributed by atoms with van der Waals surface area (Å²) in [6, 6.07) is 7.25. The quantitative estimate of drug-likeness (QED) is 0.588. The minimum Gasteiger partial charge on any atom is -0.305 e. The van der Waals surface area contributed by atoms with Crippen LogP contribution in [0.5, 0.6) is 0 Å². The molecule has 0 atom stereocenters. The van der Waals surface area contributed by atoms with Crippen LogP contribution in [-0.2, 0) is 17.5 Å². The molecule has 0 spiro atoms. The van der Waals surface area contributed by atoms with Gasteiger partial charge in [0.2, 0.25) is 0 Å². The lowest BCUT2D eigenvalue weighted by Crippen LogP contribution is -2.45. The van der Waals surface area contributed by atoms with Gasteiger partial charge in [-0.1, -0.05) is 18.2 Å². The first-order valence-electron chi connectivity index (χ1n) is 9.37. The molecule has 0 aliphatic heterocycles. The van der Waals surface area contributed by atoms with Crippen molar-refractivity contribution >= 4 is 22.6 Å². The lowest BCUT2D eigenvalue weighted by molar-refractivity contribution is -0.138. The van der Waals surface area contributed by atoms with Gasteiger partial charge in [-0.05, 0) is 26.0 Å². The van der Waals surface area contributed by atoms with Crippen LogP contribution in [0, 0.1) is 0 Å². The zero-order valence-electron chi connectivity index (χ0n) is 16.9. The van der Waals surface area contributed by atoms with Gasteiger partial charge in [0.15, 0.2) is 5.69 Å². The molecule has 0 bridgehead atoms. The maximum absolute atomic E-state index is 12.8. The first-order valence-corrected chi connectivity index (χ1v) is 9.37. The van der Waals surface area contributed by atoms with Gasteiger partial charge in [0.05, 0.1) is 17.0 Å². The first kappa shape index (κ1) is 22.7. The van der Waals surface area contributed by atoms with Crippen LogP contribution in [0.2, 0.25) is 0 Å². The van der Waals surface area contributed by atoms with Gasteiger partial charge in [0.1, 0.15) is 6.54 Å². The molecule has 32 heavy (non-hydrogen) atoms. The Morgan fingerprint density at radius 2 is 1.69 bits per heavy atom. The number of hydrogen-bond donors (Lipinski definition) is 2. The number of halogens is 3. The van der Waals surface area contributed by atoms with E-state index in [0.29, 0.717) is 22.9 Å². The number of amides is 2. The van der Waals surface area contributed by atoms with E-state index in [4.69, 9.17) is 0 Å². The molecule has 168 valence electrons. The summed E-state index contributed by atoms with van der Waals surface area (Å²) in [5.41, 5.74) is 1.70. The van der Waals surface area contributed by atoms with Gasteiger partial charge in [-0.3, -0.25) is 30.0 Å². The molecular formula is C20H18F3N5O4. The normalized spacial score (nSPS) is 11.6. The zero-order valence-corrected chi connectivity index (χ0v) is 16.9. The Morgan fingerprint density at radius 3 is 2.31 bits per heavy atom. The number of nitrogens with one attached hydrogen (secondary N) is 2. The smallest absolute Gasteiger partial charge is 0.305 e. The number of carbonyl (C=O) groups excluding carboxylic acids is 2. The molecule has 2 N–H and O–H groups in total. The van der Waals surface area contributed by atoms with Crippen molar-refractivity contribution in [2.24, 2.45) is 0 Å². The van der Waals surface area contributed by atoms with Crippen LogP contribution in [-0.4, -0.2) is 26.2 Å². The first-order chi connectivity index (χ1) is 15.0. The molecule has 2 amide bonds. The predicted octanol–water partition coefficient (Wildman–Crippen LogP) is 1.62. The van der Waals surface area contributed by atoms with Crippen LogP contribution in [0.1, 0.15) is 35.9 Å². The summed E-state index contributed by atoms with van der Waals surface area (Å²) in [4.78, 5) is 49.0. The van der Waals surface area contributed by atoms with Crippen LogP contribution >= 0.6 is 0 Å². The summed E-state index contributed by atoms with van der Waals surface area (Å²) < 4.78 is 40.2. The molecule has 2 aromatic heterocycles. The Morgan fingerprint density at radius 1 is 1.03 bits per heavy atom. The third-order valence-corrected chi connectivity index (χ3v) is 4.47. The van der Waals surface area contributed by atoms with Gasteiger partial charge < -0.3 is 4.57 Å². The molecule has 12 heteroatoms. The summed E-state index contributed by atoms with van der Waals surface area (Å²) in [5.74, 6) is -1.79. The van der Waals surface area contributed by atoms with Crippen LogP contribution in [0.15, 0.2) is 52.2 Å². The minimum atomic E-state index is -4.69. The van der Waals surface area contributed by atoms with Gasteiger partial charge in [0.25, 0.3) is 22.9 Å². The Kier molecular flexibility index (Phi) is 6.14. The molecule has 0 saturated carbocycles. The molecule has 3 rings (SSSR count). The maximum Gasteiger partial charge on any atom is 0.417 e. The predicted molar refractivity (Wildman–Crippen MR) is 108 cm³/mol. The lowest BCUT2D eigenvalue weighted by atomic mass is 10.1. The lowest BCUT2D eigenvalue weighted by Gasteiger charge is -2.14. The monoisotopic (exact) mass is 449 g/mol. The number of fused-ring (bicyclic) bond motifs is 1. The second kappa shape index (κ2) is 8.65. The van der Waals surface area contributed by atoms with E-state index >= 15 is 0 Å². The highest BCUT2D eigenvalue weighted by Crippen LogP contribution is 2.27. The number of carbonyl (C=O) groups is 2. The largest absolute Gasteiger partial charge is 0.417 e. The summed E-state index contributed by atoms with van der Waals surface area (Å²) in [6.07, 6.45) is -4.18. The Labute approximate surface area is 178 Å². The van der Waals surface area contributed by atoms with Crippen molar-refractivity contribution < 1.29 is 22.8 Å². The fourth-order valence-electron chi connectivity index (χ4n) is 2.93. The molecule has 0 aliphatic carbocycles. The number of aromatic nitrogens is 3. The summed E-state index contributed by atoms with van der Waals surface area (Å²) >= 11 is 0. The van der Waals surface area contributed by atoms with Crippen molar-refractivity contribution in [1.29, 1.82) is 0 Å². The van der Waals surface area contributed by atoms with E-state index in [-0.39, 0.29) is 28.1 Å². The van der Waals surface area contributed by atoms with Crippen LogP contribution in [0.4, 0.5) is 13.2 Å². The number of nitrogens with zero attached hydrogens (tertiary/aromatic N) is 3. The Balaban J connectivity index is 1.80. The van der Waals surface area contributed by atoms with Crippen LogP contribution in [0.3, 0.4) is 0 Å². The molecule has 0 unspecified atom stereocenters. The number of hydrazine groups is 1. The number of pyridine rings is 1. The van der Waals surface area contributed by atoms with Crippen molar-refractivity contribution in [3.05, 3.63) is 74.6 Å². The SMILES string of the molecule is CC(C)n1nc(C(=O)NNC(=O)Cn2cc(C(F)(F)F)ccc2=O)c2ccccc2c1=O. The second-order valence-corrected chi connectivity index (χ2v) is 7.12. The molecule has 9 nitrogen and oxygen atoms in total. The van der Waals surface area contributed by atoms with Crippen molar-refractivity contribution in [2.45, 2.75) is 32.6 Å². The van der Waals surface area contributed by atoms with E-state index in [1.54, 1.807) is 26.0 Å². The summed E-state index contributed by atoms with van der Waals surface area (Å²) in [6.45, 7) is 2.65. The molecule has 0 fully saturated rings. The van der Waals surface area contributed by atoms with E-state index in [9.17, 15) is 32.3 Å². The van der Waals surface area contributed by atoms with E-state index < -0.39 is 35.7 Å². The fourth-order valence-corrected chi connectivity index (χ4v) is 2.93. The third-order valence-electron chi connectivity index (χ3n) is 4.47. The molecule has 2 heterocycles. The number of rotatable bonds is 4. The van der Waals surface area contributed by atoms with Crippen LogP contribution < -0.4 is 22.0 Å². The average molecular weight is 449 g/mol. The minimum absolute atomic E-state index is 0.134. The maximum atomic E-state index is 12.8. The van der Waals surface area contributed by atoms with Crippen molar-refractivity contribution in [3.8, 4) is 0 Å². The highest BCUT2D eigenvalue weighted by Gasteiger charge is 2.31. The standard InChI is InChI=1S/C20H18F3N5O4/c1-11(2)28-19(32)14-6-4-3-5-13(14)17(26-28)18(31)25-24-15(29)10-27-9-12(20(21,22)23)7-8-16(27)30/h3-9,11H,10H2,1-2H3,(H,24,29)(H,25,31). The molecule has 1 aromatic carbocycles. The fraction of sp³-hybridized carbons (Fsp3) is 0.250. The van der Waals surface area contributed by atoms with E-state index in [1.807, 2.05) is 5.43 Å². The van der Waals surface area contributed by atoms with Gasteiger partial charge >= 0.3 is 6.18 Å². The Hall–Kier alpha value is -3.96. The number of benzene rings is 1. The molecule has 0 aliphatic rings. The topological polar surface area (TPSA) is 115 Å². The van der Waals surface area contributed by atoms with Crippen molar-refractivity contribution in [1.82, 2.24) is 25.2 Å².